The predicted octanol–water partition coefficient (Wildman–Crippen LogP) is 1.72. The van der Waals surface area contributed by atoms with Crippen molar-refractivity contribution in [3.8, 4) is 0 Å². The number of allylic oxidation sites excluding steroid dienone is 2. The van der Waals surface area contributed by atoms with E-state index in [1.54, 1.807) is 0 Å². The first-order chi connectivity index (χ1) is 6.54. The van der Waals surface area contributed by atoms with Gasteiger partial charge in [0.15, 0.2) is 5.78 Å². The lowest BCUT2D eigenvalue weighted by atomic mass is 9.76. The molecule has 1 aliphatic rings. The molecule has 14 heavy (non-hydrogen) atoms. The van der Waals surface area contributed by atoms with Gasteiger partial charge in [0.25, 0.3) is 0 Å². The van der Waals surface area contributed by atoms with Crippen LogP contribution in [0.1, 0.15) is 26.7 Å². The number of carbonyl (C=O) groups excluding carboxylic acids is 2. The number of rotatable bonds is 3. The molecule has 0 atom stereocenters. The third-order valence-electron chi connectivity index (χ3n) is 2.67. The van der Waals surface area contributed by atoms with E-state index in [1.165, 1.54) is 7.11 Å². The molecule has 0 unspecified atom stereocenters. The minimum absolute atomic E-state index is 0.0191. The van der Waals surface area contributed by atoms with Crippen molar-refractivity contribution in [2.24, 2.45) is 11.3 Å². The Morgan fingerprint density at radius 1 is 1.29 bits per heavy atom. The molecule has 0 aromatic heterocycles. The average molecular weight is 196 g/mol. The molecule has 0 fully saturated rings. The highest BCUT2D eigenvalue weighted by Gasteiger charge is 2.47. The molecule has 78 valence electrons. The molecule has 0 N–H and O–H groups in total. The van der Waals surface area contributed by atoms with Crippen molar-refractivity contribution in [1.29, 1.82) is 0 Å². The highest BCUT2D eigenvalue weighted by Crippen LogP contribution is 2.37. The Labute approximate surface area is 84.1 Å². The summed E-state index contributed by atoms with van der Waals surface area (Å²) in [6, 6.07) is 0. The van der Waals surface area contributed by atoms with Crippen LogP contribution in [0.15, 0.2) is 12.2 Å². The largest absolute Gasteiger partial charge is 0.468 e. The number of methoxy groups -OCH3 is 1. The molecule has 0 saturated heterocycles. The second kappa shape index (κ2) is 3.95. The minimum atomic E-state index is -0.928. The van der Waals surface area contributed by atoms with E-state index in [0.717, 1.165) is 0 Å². The van der Waals surface area contributed by atoms with Gasteiger partial charge in [-0.2, -0.15) is 0 Å². The molecule has 0 aromatic carbocycles. The summed E-state index contributed by atoms with van der Waals surface area (Å²) in [5.74, 6) is -0.551. The lowest BCUT2D eigenvalue weighted by Gasteiger charge is -2.25. The van der Waals surface area contributed by atoms with Gasteiger partial charge >= 0.3 is 5.97 Å². The van der Waals surface area contributed by atoms with Gasteiger partial charge in [0.05, 0.1) is 7.11 Å². The zero-order valence-corrected chi connectivity index (χ0v) is 8.87. The van der Waals surface area contributed by atoms with Crippen LogP contribution in [-0.2, 0) is 14.3 Å². The molecule has 0 bridgehead atoms. The number of hydrogen-bond acceptors (Lipinski definition) is 3. The van der Waals surface area contributed by atoms with Crippen LogP contribution in [0.4, 0.5) is 0 Å². The van der Waals surface area contributed by atoms with E-state index < -0.39 is 11.4 Å². The Balaban J connectivity index is 2.94. The van der Waals surface area contributed by atoms with Crippen LogP contribution in [0.2, 0.25) is 0 Å². The van der Waals surface area contributed by atoms with Crippen molar-refractivity contribution in [1.82, 2.24) is 0 Å². The Hall–Kier alpha value is -1.12. The maximum atomic E-state index is 11.9. The molecule has 0 amide bonds. The topological polar surface area (TPSA) is 43.4 Å². The number of esters is 1. The van der Waals surface area contributed by atoms with Crippen molar-refractivity contribution in [2.45, 2.75) is 26.7 Å². The minimum Gasteiger partial charge on any atom is -0.468 e. The highest BCUT2D eigenvalue weighted by molar-refractivity contribution is 6.05. The quantitative estimate of drug-likeness (QED) is 0.392. The van der Waals surface area contributed by atoms with Gasteiger partial charge in [0, 0.05) is 5.92 Å². The Morgan fingerprint density at radius 2 is 1.79 bits per heavy atom. The van der Waals surface area contributed by atoms with Gasteiger partial charge in [-0.05, 0) is 12.8 Å². The van der Waals surface area contributed by atoms with Crippen molar-refractivity contribution >= 4 is 11.8 Å². The van der Waals surface area contributed by atoms with Gasteiger partial charge in [0.1, 0.15) is 5.41 Å². The van der Waals surface area contributed by atoms with Crippen molar-refractivity contribution < 1.29 is 14.3 Å². The highest BCUT2D eigenvalue weighted by atomic mass is 16.5. The van der Waals surface area contributed by atoms with Crippen LogP contribution >= 0.6 is 0 Å². The number of Topliss-reactive ketones (excluding diaryl/α,β-unsaturated/α-hetero) is 1. The number of hydrogen-bond donors (Lipinski definition) is 0. The molecule has 0 heterocycles. The molecule has 3 nitrogen and oxygen atoms in total. The Bertz CT molecular complexity index is 268. The van der Waals surface area contributed by atoms with Crippen molar-refractivity contribution in [2.75, 3.05) is 7.11 Å². The number of ether oxygens (including phenoxy) is 1. The smallest absolute Gasteiger partial charge is 0.320 e. The van der Waals surface area contributed by atoms with E-state index in [2.05, 4.69) is 0 Å². The maximum absolute atomic E-state index is 11.9. The number of carbonyl (C=O) groups is 2. The molecule has 1 aliphatic carbocycles. The predicted molar refractivity (Wildman–Crippen MR) is 52.7 cm³/mol. The fourth-order valence-electron chi connectivity index (χ4n) is 1.87. The van der Waals surface area contributed by atoms with E-state index in [1.807, 2.05) is 26.0 Å². The van der Waals surface area contributed by atoms with Crippen molar-refractivity contribution in [3.63, 3.8) is 0 Å². The van der Waals surface area contributed by atoms with Crippen LogP contribution < -0.4 is 0 Å². The Morgan fingerprint density at radius 3 is 2.14 bits per heavy atom. The zero-order valence-electron chi connectivity index (χ0n) is 8.87. The van der Waals surface area contributed by atoms with Crippen LogP contribution in [0.25, 0.3) is 0 Å². The lowest BCUT2D eigenvalue weighted by Crippen LogP contribution is -2.40. The average Bonchev–Trinajstić information content (AvgIpc) is 2.65. The van der Waals surface area contributed by atoms with Crippen LogP contribution in [-0.4, -0.2) is 18.9 Å². The van der Waals surface area contributed by atoms with Crippen LogP contribution in [0, 0.1) is 11.3 Å². The van der Waals surface area contributed by atoms with Crippen LogP contribution in [0.5, 0.6) is 0 Å². The third-order valence-corrected chi connectivity index (χ3v) is 2.67. The summed E-state index contributed by atoms with van der Waals surface area (Å²) < 4.78 is 4.71. The molecule has 3 heteroatoms. The monoisotopic (exact) mass is 196 g/mol. The van der Waals surface area contributed by atoms with Crippen LogP contribution in [0.3, 0.4) is 0 Å². The fraction of sp³-hybridized carbons (Fsp3) is 0.636. The molecular formula is C11H16O3. The van der Waals surface area contributed by atoms with Gasteiger partial charge in [0.2, 0.25) is 0 Å². The fourth-order valence-corrected chi connectivity index (χ4v) is 1.87. The standard InChI is InChI=1S/C11H16O3/c1-8(2)9(12)11(10(13)14-3)6-4-5-7-11/h4-5,8H,6-7H2,1-3H3. The van der Waals surface area contributed by atoms with Crippen molar-refractivity contribution in [3.05, 3.63) is 12.2 Å². The summed E-state index contributed by atoms with van der Waals surface area (Å²) in [4.78, 5) is 23.5. The zero-order chi connectivity index (χ0) is 10.8. The van der Waals surface area contributed by atoms with E-state index in [9.17, 15) is 9.59 Å². The summed E-state index contributed by atoms with van der Waals surface area (Å²) in [6.45, 7) is 3.62. The second-order valence-corrected chi connectivity index (χ2v) is 3.97. The van der Waals surface area contributed by atoms with Gasteiger partial charge in [-0.1, -0.05) is 26.0 Å². The van der Waals surface area contributed by atoms with Gasteiger partial charge < -0.3 is 4.74 Å². The maximum Gasteiger partial charge on any atom is 0.320 e. The third kappa shape index (κ3) is 1.59. The molecular weight excluding hydrogens is 180 g/mol. The second-order valence-electron chi connectivity index (χ2n) is 3.97. The van der Waals surface area contributed by atoms with Gasteiger partial charge in [-0.25, -0.2) is 0 Å². The number of ketones is 1. The molecule has 1 rings (SSSR count). The van der Waals surface area contributed by atoms with E-state index >= 15 is 0 Å². The molecule has 0 aliphatic heterocycles. The first-order valence-electron chi connectivity index (χ1n) is 4.82. The summed E-state index contributed by atoms with van der Waals surface area (Å²) in [5.41, 5.74) is -0.928. The molecule has 0 spiro atoms. The van der Waals surface area contributed by atoms with Gasteiger partial charge in [-0.15, -0.1) is 0 Å². The van der Waals surface area contributed by atoms with E-state index in [4.69, 9.17) is 4.74 Å². The van der Waals surface area contributed by atoms with E-state index in [0.29, 0.717) is 12.8 Å². The normalized spacial score (nSPS) is 18.6. The summed E-state index contributed by atoms with van der Waals surface area (Å²) in [7, 11) is 1.33. The molecule has 0 aromatic rings. The SMILES string of the molecule is COC(=O)C1(C(=O)C(C)C)CC=CC1. The summed E-state index contributed by atoms with van der Waals surface area (Å²) >= 11 is 0. The van der Waals surface area contributed by atoms with Gasteiger partial charge in [-0.3, -0.25) is 9.59 Å². The van der Waals surface area contributed by atoms with E-state index in [-0.39, 0.29) is 11.7 Å². The Kier molecular flexibility index (Phi) is 3.09. The lowest BCUT2D eigenvalue weighted by molar-refractivity contribution is -0.158. The first kappa shape index (κ1) is 11.0. The molecule has 0 radical (unpaired) electrons. The molecule has 0 saturated carbocycles. The summed E-state index contributed by atoms with van der Waals surface area (Å²) in [5, 5.41) is 0. The summed E-state index contributed by atoms with van der Waals surface area (Å²) in [6.07, 6.45) is 4.71. The first-order valence-corrected chi connectivity index (χ1v) is 4.82.